The molecule has 1 heterocycles. The average molecular weight is 903 g/mol. The highest BCUT2D eigenvalue weighted by atomic mass is 16.7. The van der Waals surface area contributed by atoms with Gasteiger partial charge in [0.2, 0.25) is 0 Å². The molecule has 1 fully saturated rings. The fraction of sp³-hybridized carbons (Fsp3) is 0.778. The first kappa shape index (κ1) is 59.4. The van der Waals surface area contributed by atoms with Crippen molar-refractivity contribution in [3.05, 3.63) is 60.8 Å². The number of hydrogen-bond donors (Lipinski definition) is 4. The van der Waals surface area contributed by atoms with Gasteiger partial charge in [0.1, 0.15) is 31.0 Å². The van der Waals surface area contributed by atoms with Gasteiger partial charge in [-0.3, -0.25) is 9.59 Å². The van der Waals surface area contributed by atoms with Gasteiger partial charge in [-0.15, -0.1) is 0 Å². The highest BCUT2D eigenvalue weighted by Gasteiger charge is 2.44. The van der Waals surface area contributed by atoms with Crippen LogP contribution in [0.5, 0.6) is 0 Å². The van der Waals surface area contributed by atoms with Gasteiger partial charge in [0.15, 0.2) is 12.4 Å². The summed E-state index contributed by atoms with van der Waals surface area (Å²) in [5.41, 5.74) is 0. The van der Waals surface area contributed by atoms with E-state index in [1.807, 2.05) is 0 Å². The SMILES string of the molecule is CC/C=C\C/C=C\C/C=C\C/C=C\CCCCCCCCCCC(=O)OC(COC(=O)CCCCCCCCC/C=C\CCCCCCCCC)COC1OC(CO)C(O)C(O)C1O. The van der Waals surface area contributed by atoms with Gasteiger partial charge in [-0.05, 0) is 77.0 Å². The van der Waals surface area contributed by atoms with Gasteiger partial charge < -0.3 is 39.4 Å². The number of aliphatic hydroxyl groups excluding tert-OH is 4. The van der Waals surface area contributed by atoms with Crippen molar-refractivity contribution in [1.82, 2.24) is 0 Å². The van der Waals surface area contributed by atoms with Gasteiger partial charge in [0.25, 0.3) is 0 Å². The Morgan fingerprint density at radius 3 is 1.41 bits per heavy atom. The van der Waals surface area contributed by atoms with Crippen LogP contribution in [-0.2, 0) is 28.5 Å². The molecular formula is C54H94O10. The van der Waals surface area contributed by atoms with Crippen molar-refractivity contribution >= 4 is 11.9 Å². The minimum Gasteiger partial charge on any atom is -0.462 e. The molecule has 0 spiro atoms. The highest BCUT2D eigenvalue weighted by Crippen LogP contribution is 2.23. The summed E-state index contributed by atoms with van der Waals surface area (Å²) in [5.74, 6) is -0.819. The number of ether oxygens (including phenoxy) is 4. The maximum Gasteiger partial charge on any atom is 0.306 e. The maximum absolute atomic E-state index is 12.8. The summed E-state index contributed by atoms with van der Waals surface area (Å²) >= 11 is 0. The quantitative estimate of drug-likeness (QED) is 0.0264. The topological polar surface area (TPSA) is 152 Å². The van der Waals surface area contributed by atoms with E-state index in [-0.39, 0.29) is 32.0 Å². The molecule has 0 aromatic rings. The normalized spacial score (nSPS) is 19.9. The smallest absolute Gasteiger partial charge is 0.306 e. The number of allylic oxidation sites excluding steroid dienone is 10. The van der Waals surface area contributed by atoms with Crippen molar-refractivity contribution in [2.75, 3.05) is 19.8 Å². The average Bonchev–Trinajstić information content (AvgIpc) is 3.29. The zero-order valence-corrected chi connectivity index (χ0v) is 40.5. The molecule has 10 nitrogen and oxygen atoms in total. The summed E-state index contributed by atoms with van der Waals surface area (Å²) in [6, 6.07) is 0. The van der Waals surface area contributed by atoms with Crippen LogP contribution < -0.4 is 0 Å². The number of carbonyl (C=O) groups excluding carboxylic acids is 2. The van der Waals surface area contributed by atoms with Crippen LogP contribution in [0.2, 0.25) is 0 Å². The number of unbranched alkanes of at least 4 members (excludes halogenated alkanes) is 22. The molecule has 6 atom stereocenters. The number of hydrogen-bond acceptors (Lipinski definition) is 10. The summed E-state index contributed by atoms with van der Waals surface area (Å²) in [5, 5.41) is 40.2. The summed E-state index contributed by atoms with van der Waals surface area (Å²) < 4.78 is 22.2. The Hall–Kier alpha value is -2.60. The van der Waals surface area contributed by atoms with E-state index >= 15 is 0 Å². The van der Waals surface area contributed by atoms with Crippen molar-refractivity contribution < 1.29 is 49.0 Å². The van der Waals surface area contributed by atoms with Gasteiger partial charge in [0, 0.05) is 12.8 Å². The lowest BCUT2D eigenvalue weighted by atomic mass is 9.99. The van der Waals surface area contributed by atoms with E-state index in [0.717, 1.165) is 83.5 Å². The van der Waals surface area contributed by atoms with Crippen LogP contribution in [-0.4, -0.2) is 89.0 Å². The van der Waals surface area contributed by atoms with Crippen molar-refractivity contribution in [2.45, 2.75) is 250 Å². The van der Waals surface area contributed by atoms with Gasteiger partial charge in [-0.1, -0.05) is 184 Å². The second-order valence-corrected chi connectivity index (χ2v) is 17.6. The van der Waals surface area contributed by atoms with Crippen LogP contribution in [0.3, 0.4) is 0 Å². The van der Waals surface area contributed by atoms with Crippen molar-refractivity contribution in [1.29, 1.82) is 0 Å². The Labute approximate surface area is 390 Å². The van der Waals surface area contributed by atoms with Crippen LogP contribution in [0.25, 0.3) is 0 Å². The van der Waals surface area contributed by atoms with E-state index in [1.54, 1.807) is 0 Å². The molecule has 0 aromatic carbocycles. The Kier molecular flexibility index (Phi) is 41.1. The molecule has 1 saturated heterocycles. The van der Waals surface area contributed by atoms with E-state index in [9.17, 15) is 30.0 Å². The fourth-order valence-corrected chi connectivity index (χ4v) is 7.59. The first-order valence-corrected chi connectivity index (χ1v) is 25.9. The monoisotopic (exact) mass is 903 g/mol. The van der Waals surface area contributed by atoms with Crippen molar-refractivity contribution in [3.63, 3.8) is 0 Å². The van der Waals surface area contributed by atoms with Crippen LogP contribution >= 0.6 is 0 Å². The van der Waals surface area contributed by atoms with E-state index in [4.69, 9.17) is 18.9 Å². The highest BCUT2D eigenvalue weighted by molar-refractivity contribution is 5.70. The standard InChI is InChI=1S/C54H94O10/c1-3-5-7-9-11-13-15-17-19-21-23-24-25-27-29-31-33-35-37-39-41-43-50(57)63-47(46-62-54-53(60)52(59)51(58)48(44-55)64-54)45-61-49(56)42-40-38-36-34-32-30-28-26-22-20-18-16-14-12-10-8-6-4-2/h5,7,11,13,17,19-20,22-24,47-48,51-55,58-60H,3-4,6,8-10,12,14-16,18,21,25-46H2,1-2H3/b7-5-,13-11-,19-17-,22-20-,24-23-. The molecule has 10 heteroatoms. The molecule has 0 saturated carbocycles. The second kappa shape index (κ2) is 44.2. The van der Waals surface area contributed by atoms with Crippen LogP contribution in [0.15, 0.2) is 60.8 Å². The van der Waals surface area contributed by atoms with Gasteiger partial charge in [-0.25, -0.2) is 0 Å². The summed E-state index contributed by atoms with van der Waals surface area (Å²) in [4.78, 5) is 25.5. The zero-order valence-electron chi connectivity index (χ0n) is 40.5. The van der Waals surface area contributed by atoms with E-state index in [2.05, 4.69) is 74.6 Å². The predicted molar refractivity (Wildman–Crippen MR) is 261 cm³/mol. The van der Waals surface area contributed by atoms with E-state index in [1.165, 1.54) is 96.3 Å². The van der Waals surface area contributed by atoms with Crippen LogP contribution in [0, 0.1) is 0 Å². The third kappa shape index (κ3) is 34.7. The van der Waals surface area contributed by atoms with Gasteiger partial charge >= 0.3 is 11.9 Å². The number of rotatable bonds is 43. The molecule has 1 aliphatic rings. The lowest BCUT2D eigenvalue weighted by Crippen LogP contribution is -2.59. The summed E-state index contributed by atoms with van der Waals surface area (Å²) in [6.07, 6.45) is 47.9. The summed E-state index contributed by atoms with van der Waals surface area (Å²) in [6.45, 7) is 3.31. The Balaban J connectivity index is 2.27. The number of carbonyl (C=O) groups is 2. The first-order chi connectivity index (χ1) is 31.3. The lowest BCUT2D eigenvalue weighted by molar-refractivity contribution is -0.305. The number of aliphatic hydroxyl groups is 4. The third-order valence-electron chi connectivity index (χ3n) is 11.6. The largest absolute Gasteiger partial charge is 0.462 e. The fourth-order valence-electron chi connectivity index (χ4n) is 7.59. The molecule has 370 valence electrons. The molecule has 1 rings (SSSR count). The van der Waals surface area contributed by atoms with Gasteiger partial charge in [-0.2, -0.15) is 0 Å². The first-order valence-electron chi connectivity index (χ1n) is 25.9. The van der Waals surface area contributed by atoms with E-state index < -0.39 is 49.4 Å². The van der Waals surface area contributed by atoms with Crippen LogP contribution in [0.1, 0.15) is 213 Å². The Bertz CT molecular complexity index is 1230. The molecular weight excluding hydrogens is 809 g/mol. The van der Waals surface area contributed by atoms with Gasteiger partial charge in [0.05, 0.1) is 13.2 Å². The second-order valence-electron chi connectivity index (χ2n) is 17.6. The Morgan fingerprint density at radius 2 is 0.922 bits per heavy atom. The minimum absolute atomic E-state index is 0.218. The number of esters is 2. The lowest BCUT2D eigenvalue weighted by Gasteiger charge is -2.39. The predicted octanol–water partition coefficient (Wildman–Crippen LogP) is 12.2. The molecule has 4 N–H and O–H groups in total. The maximum atomic E-state index is 12.8. The molecule has 0 amide bonds. The molecule has 0 bridgehead atoms. The molecule has 0 aliphatic carbocycles. The zero-order chi connectivity index (χ0) is 46.6. The molecule has 1 aliphatic heterocycles. The molecule has 64 heavy (non-hydrogen) atoms. The minimum atomic E-state index is -1.60. The van der Waals surface area contributed by atoms with Crippen molar-refractivity contribution in [3.8, 4) is 0 Å². The van der Waals surface area contributed by atoms with Crippen molar-refractivity contribution in [2.24, 2.45) is 0 Å². The molecule has 6 unspecified atom stereocenters. The van der Waals surface area contributed by atoms with E-state index in [0.29, 0.717) is 6.42 Å². The Morgan fingerprint density at radius 1 is 0.500 bits per heavy atom. The molecule has 0 radical (unpaired) electrons. The van der Waals surface area contributed by atoms with Crippen LogP contribution in [0.4, 0.5) is 0 Å². The molecule has 0 aromatic heterocycles. The summed E-state index contributed by atoms with van der Waals surface area (Å²) in [7, 11) is 0. The third-order valence-corrected chi connectivity index (χ3v) is 11.6.